The predicted octanol–water partition coefficient (Wildman–Crippen LogP) is 4.89. The maximum atomic E-state index is 9.06. The second kappa shape index (κ2) is 6.04. The highest BCUT2D eigenvalue weighted by molar-refractivity contribution is 6.37. The lowest BCUT2D eigenvalue weighted by Crippen LogP contribution is -1.92. The number of ether oxygens (including phenoxy) is 2. The van der Waals surface area contributed by atoms with Gasteiger partial charge in [0.25, 0.3) is 0 Å². The van der Waals surface area contributed by atoms with Crippen LogP contribution in [0.4, 0.5) is 0 Å². The lowest BCUT2D eigenvalue weighted by molar-refractivity contribution is 0.340. The maximum absolute atomic E-state index is 9.06. The van der Waals surface area contributed by atoms with E-state index in [9.17, 15) is 0 Å². The molecule has 0 saturated heterocycles. The van der Waals surface area contributed by atoms with Crippen molar-refractivity contribution in [2.24, 2.45) is 0 Å². The third kappa shape index (κ3) is 3.46. The van der Waals surface area contributed by atoms with E-state index in [1.807, 2.05) is 31.2 Å². The van der Waals surface area contributed by atoms with Gasteiger partial charge in [0.1, 0.15) is 17.2 Å². The van der Waals surface area contributed by atoms with Crippen molar-refractivity contribution in [3.05, 3.63) is 46.4 Å². The van der Waals surface area contributed by atoms with Gasteiger partial charge in [0, 0.05) is 18.2 Å². The number of hydrogen-bond acceptors (Lipinski definition) is 3. The zero-order chi connectivity index (χ0) is 13.8. The summed E-state index contributed by atoms with van der Waals surface area (Å²) in [5, 5.41) is 9.70. The highest BCUT2D eigenvalue weighted by atomic mass is 35.5. The summed E-state index contributed by atoms with van der Waals surface area (Å²) >= 11 is 11.5. The first kappa shape index (κ1) is 13.8. The molecule has 2 bridgehead atoms. The van der Waals surface area contributed by atoms with E-state index in [1.165, 1.54) is 12.1 Å². The second-order valence-corrected chi connectivity index (χ2v) is 4.56. The van der Waals surface area contributed by atoms with Crippen LogP contribution in [0, 0.1) is 0 Å². The summed E-state index contributed by atoms with van der Waals surface area (Å²) in [4.78, 5) is 0. The molecule has 19 heavy (non-hydrogen) atoms. The van der Waals surface area contributed by atoms with Gasteiger partial charge in [0.15, 0.2) is 5.75 Å². The molecule has 0 aromatic heterocycles. The first-order chi connectivity index (χ1) is 9.10. The molecule has 2 aliphatic heterocycles. The molecule has 4 rings (SSSR count). The molecule has 0 unspecified atom stereocenters. The lowest BCUT2D eigenvalue weighted by Gasteiger charge is -2.13. The summed E-state index contributed by atoms with van der Waals surface area (Å²) in [7, 11) is 0. The van der Waals surface area contributed by atoms with Crippen molar-refractivity contribution < 1.29 is 14.6 Å². The van der Waals surface area contributed by atoms with Gasteiger partial charge in [-0.2, -0.15) is 0 Å². The van der Waals surface area contributed by atoms with Gasteiger partial charge in [-0.15, -0.1) is 0 Å². The van der Waals surface area contributed by atoms with Gasteiger partial charge in [-0.05, 0) is 19.1 Å². The minimum Gasteiger partial charge on any atom is -0.508 e. The summed E-state index contributed by atoms with van der Waals surface area (Å²) < 4.78 is 10.2. The number of aromatic hydroxyl groups is 1. The minimum absolute atomic E-state index is 0.0356. The minimum atomic E-state index is 0.0356. The summed E-state index contributed by atoms with van der Waals surface area (Å²) in [6, 6.07) is 10.6. The predicted molar refractivity (Wildman–Crippen MR) is 75.8 cm³/mol. The van der Waals surface area contributed by atoms with Gasteiger partial charge >= 0.3 is 0 Å². The Kier molecular flexibility index (Phi) is 4.40. The van der Waals surface area contributed by atoms with Crippen LogP contribution < -0.4 is 9.47 Å². The average molecular weight is 299 g/mol. The van der Waals surface area contributed by atoms with Gasteiger partial charge < -0.3 is 14.6 Å². The number of phenols is 1. The number of halogens is 2. The Morgan fingerprint density at radius 2 is 1.63 bits per heavy atom. The van der Waals surface area contributed by atoms with Crippen molar-refractivity contribution in [1.82, 2.24) is 0 Å². The standard InChI is InChI=1S/C8H8Cl2O2.C6H4O/c1-2-12-8-6(9)3-5(11)4-7(8)10;1-2-5-4-6(3-1)7-5/h3-4,11H,2H2,1H3;1-4H. The van der Waals surface area contributed by atoms with Gasteiger partial charge in [0.2, 0.25) is 0 Å². The molecule has 0 spiro atoms. The van der Waals surface area contributed by atoms with Crippen molar-refractivity contribution in [1.29, 1.82) is 0 Å². The SMILES string of the molecule is CCOc1c(Cl)cc(O)cc1Cl.c1cc2cc(c1)O2. The number of fused-ring (bicyclic) bond motifs is 2. The van der Waals surface area contributed by atoms with E-state index in [0.717, 1.165) is 11.5 Å². The van der Waals surface area contributed by atoms with Crippen LogP contribution in [-0.4, -0.2) is 11.7 Å². The van der Waals surface area contributed by atoms with Crippen LogP contribution >= 0.6 is 23.2 Å². The van der Waals surface area contributed by atoms with Crippen molar-refractivity contribution in [2.75, 3.05) is 6.61 Å². The molecule has 2 aromatic rings. The highest BCUT2D eigenvalue weighted by Crippen LogP contribution is 2.36. The second-order valence-electron chi connectivity index (χ2n) is 3.75. The topological polar surface area (TPSA) is 38.7 Å². The van der Waals surface area contributed by atoms with Gasteiger partial charge in [-0.3, -0.25) is 0 Å². The van der Waals surface area contributed by atoms with Gasteiger partial charge in [0.05, 0.1) is 16.7 Å². The number of hydrogen-bond donors (Lipinski definition) is 1. The Hall–Kier alpha value is -1.58. The average Bonchev–Trinajstić information content (AvgIpc) is 2.35. The van der Waals surface area contributed by atoms with Crippen LogP contribution in [0.5, 0.6) is 23.0 Å². The molecule has 2 aliphatic rings. The van der Waals surface area contributed by atoms with Crippen molar-refractivity contribution in [3.8, 4) is 23.0 Å². The number of rotatable bonds is 2. The summed E-state index contributed by atoms with van der Waals surface area (Å²) in [6.07, 6.45) is 0. The molecule has 1 N–H and O–H groups in total. The van der Waals surface area contributed by atoms with Gasteiger partial charge in [-0.25, -0.2) is 0 Å². The maximum Gasteiger partial charge on any atom is 0.156 e. The monoisotopic (exact) mass is 298 g/mol. The van der Waals surface area contributed by atoms with Crippen LogP contribution in [0.15, 0.2) is 36.4 Å². The summed E-state index contributed by atoms with van der Waals surface area (Å²) in [5.41, 5.74) is 0. The molecule has 2 aromatic carbocycles. The van der Waals surface area contributed by atoms with Crippen LogP contribution in [0.2, 0.25) is 10.0 Å². The van der Waals surface area contributed by atoms with E-state index in [4.69, 9.17) is 37.8 Å². The molecule has 0 saturated carbocycles. The van der Waals surface area contributed by atoms with Crippen LogP contribution in [0.25, 0.3) is 0 Å². The molecule has 3 nitrogen and oxygen atoms in total. The summed E-state index contributed by atoms with van der Waals surface area (Å²) in [6.45, 7) is 2.32. The smallest absolute Gasteiger partial charge is 0.156 e. The Labute approximate surface area is 121 Å². The van der Waals surface area contributed by atoms with Crippen LogP contribution in [0.1, 0.15) is 6.92 Å². The first-order valence-corrected chi connectivity index (χ1v) is 6.44. The van der Waals surface area contributed by atoms with E-state index in [0.29, 0.717) is 22.4 Å². The molecular weight excluding hydrogens is 287 g/mol. The van der Waals surface area contributed by atoms with Crippen molar-refractivity contribution in [2.45, 2.75) is 6.92 Å². The Balaban J connectivity index is 0.000000159. The Morgan fingerprint density at radius 1 is 1.11 bits per heavy atom. The van der Waals surface area contributed by atoms with E-state index < -0.39 is 0 Å². The molecule has 100 valence electrons. The molecule has 0 radical (unpaired) electrons. The fourth-order valence-corrected chi connectivity index (χ4v) is 2.09. The van der Waals surface area contributed by atoms with Crippen molar-refractivity contribution in [3.63, 3.8) is 0 Å². The van der Waals surface area contributed by atoms with Crippen LogP contribution in [-0.2, 0) is 0 Å². The number of phenolic OH excluding ortho intramolecular Hbond substituents is 1. The normalized spacial score (nSPS) is 10.7. The summed E-state index contributed by atoms with van der Waals surface area (Å²) in [5.74, 6) is 2.42. The van der Waals surface area contributed by atoms with Crippen molar-refractivity contribution >= 4 is 23.2 Å². The zero-order valence-corrected chi connectivity index (χ0v) is 11.7. The molecule has 0 atom stereocenters. The van der Waals surface area contributed by atoms with E-state index >= 15 is 0 Å². The van der Waals surface area contributed by atoms with E-state index in [-0.39, 0.29) is 5.75 Å². The third-order valence-corrected chi connectivity index (χ3v) is 2.87. The largest absolute Gasteiger partial charge is 0.508 e. The Bertz CT molecular complexity index is 537. The third-order valence-electron chi connectivity index (χ3n) is 2.31. The zero-order valence-electron chi connectivity index (χ0n) is 10.2. The van der Waals surface area contributed by atoms with E-state index in [2.05, 4.69) is 0 Å². The fourth-order valence-electron chi connectivity index (χ4n) is 1.51. The first-order valence-electron chi connectivity index (χ1n) is 5.69. The molecule has 0 amide bonds. The molecular formula is C14H12Cl2O3. The van der Waals surface area contributed by atoms with E-state index in [1.54, 1.807) is 0 Å². The Morgan fingerprint density at radius 3 is 1.95 bits per heavy atom. The van der Waals surface area contributed by atoms with Crippen LogP contribution in [0.3, 0.4) is 0 Å². The molecule has 5 heteroatoms. The number of benzene rings is 2. The molecule has 0 aliphatic carbocycles. The van der Waals surface area contributed by atoms with Gasteiger partial charge in [-0.1, -0.05) is 29.3 Å². The lowest BCUT2D eigenvalue weighted by atomic mass is 10.2. The fraction of sp³-hybridized carbons (Fsp3) is 0.143. The molecule has 2 heterocycles. The quantitative estimate of drug-likeness (QED) is 0.732. The highest BCUT2D eigenvalue weighted by Gasteiger charge is 2.08. The molecule has 0 fully saturated rings.